The maximum Gasteiger partial charge on any atom is -0.0228 e. The van der Waals surface area contributed by atoms with Crippen LogP contribution in [-0.2, 0) is 6.42 Å². The van der Waals surface area contributed by atoms with Crippen molar-refractivity contribution in [3.05, 3.63) is 47.5 Å². The maximum atomic E-state index is 2.49. The molecule has 1 atom stereocenters. The fourth-order valence-corrected chi connectivity index (χ4v) is 2.44. The topological polar surface area (TPSA) is 0 Å². The van der Waals surface area contributed by atoms with Crippen molar-refractivity contribution >= 4 is 0 Å². The van der Waals surface area contributed by atoms with E-state index in [1.165, 1.54) is 37.7 Å². The molecular weight excluding hydrogens is 180 g/mol. The van der Waals surface area contributed by atoms with Crippen LogP contribution < -0.4 is 0 Å². The van der Waals surface area contributed by atoms with Crippen LogP contribution in [0, 0.1) is 5.92 Å². The highest BCUT2D eigenvalue weighted by Crippen LogP contribution is 2.25. The van der Waals surface area contributed by atoms with Crippen LogP contribution in [0.25, 0.3) is 0 Å². The maximum absolute atomic E-state index is 2.49. The highest BCUT2D eigenvalue weighted by atomic mass is 14.2. The Morgan fingerprint density at radius 3 is 2.73 bits per heavy atom. The van der Waals surface area contributed by atoms with Crippen LogP contribution in [0.4, 0.5) is 0 Å². The zero-order valence-corrected chi connectivity index (χ0v) is 9.58. The van der Waals surface area contributed by atoms with Gasteiger partial charge in [0.2, 0.25) is 0 Å². The quantitative estimate of drug-likeness (QED) is 0.636. The van der Waals surface area contributed by atoms with E-state index in [1.54, 1.807) is 5.57 Å². The Hall–Kier alpha value is -1.04. The third-order valence-electron chi connectivity index (χ3n) is 3.31. The third-order valence-corrected chi connectivity index (χ3v) is 3.31. The molecule has 1 aromatic carbocycles. The largest absolute Gasteiger partial charge is 0.0825 e. The molecule has 15 heavy (non-hydrogen) atoms. The third kappa shape index (κ3) is 3.23. The lowest BCUT2D eigenvalue weighted by atomic mass is 9.87. The summed E-state index contributed by atoms with van der Waals surface area (Å²) in [5, 5.41) is 0. The first-order valence-electron chi connectivity index (χ1n) is 6.06. The molecule has 1 aromatic rings. The molecule has 0 N–H and O–H groups in total. The van der Waals surface area contributed by atoms with E-state index in [0.717, 1.165) is 5.92 Å². The number of benzene rings is 1. The van der Waals surface area contributed by atoms with E-state index in [0.29, 0.717) is 0 Å². The van der Waals surface area contributed by atoms with Crippen molar-refractivity contribution in [3.63, 3.8) is 0 Å². The Morgan fingerprint density at radius 1 is 1.20 bits per heavy atom. The van der Waals surface area contributed by atoms with Crippen LogP contribution in [0.2, 0.25) is 0 Å². The number of hydrogen-bond acceptors (Lipinski definition) is 0. The predicted octanol–water partition coefficient (Wildman–Crippen LogP) is 4.37. The lowest BCUT2D eigenvalue weighted by Gasteiger charge is -2.19. The molecular formula is C15H20. The number of rotatable bonds is 3. The van der Waals surface area contributed by atoms with E-state index in [9.17, 15) is 0 Å². The summed E-state index contributed by atoms with van der Waals surface area (Å²) < 4.78 is 0. The molecule has 0 saturated carbocycles. The summed E-state index contributed by atoms with van der Waals surface area (Å²) in [7, 11) is 0. The van der Waals surface area contributed by atoms with Crippen LogP contribution in [0.3, 0.4) is 0 Å². The second-order valence-electron chi connectivity index (χ2n) is 4.69. The Balaban J connectivity index is 1.86. The Kier molecular flexibility index (Phi) is 3.60. The SMILES string of the molecule is CC1=C[C@H](CCc2ccccc2)CCC1. The lowest BCUT2D eigenvalue weighted by molar-refractivity contribution is 0.495. The molecule has 2 rings (SSSR count). The van der Waals surface area contributed by atoms with Gasteiger partial charge in [-0.25, -0.2) is 0 Å². The molecule has 0 bridgehead atoms. The molecule has 0 heteroatoms. The Bertz CT molecular complexity index is 321. The first-order chi connectivity index (χ1) is 7.34. The van der Waals surface area contributed by atoms with E-state index in [2.05, 4.69) is 43.3 Å². The van der Waals surface area contributed by atoms with Gasteiger partial charge >= 0.3 is 0 Å². The normalized spacial score (nSPS) is 21.1. The molecule has 0 unspecified atom stereocenters. The minimum atomic E-state index is 0.832. The van der Waals surface area contributed by atoms with Gasteiger partial charge in [-0.05, 0) is 50.5 Å². The molecule has 0 amide bonds. The first-order valence-corrected chi connectivity index (χ1v) is 6.06. The van der Waals surface area contributed by atoms with Crippen molar-refractivity contribution in [2.45, 2.75) is 39.0 Å². The van der Waals surface area contributed by atoms with Gasteiger partial charge in [0, 0.05) is 0 Å². The van der Waals surface area contributed by atoms with Crippen LogP contribution in [-0.4, -0.2) is 0 Å². The molecule has 0 heterocycles. The second kappa shape index (κ2) is 5.16. The van der Waals surface area contributed by atoms with E-state index >= 15 is 0 Å². The summed E-state index contributed by atoms with van der Waals surface area (Å²) in [5.41, 5.74) is 3.08. The monoisotopic (exact) mass is 200 g/mol. The smallest absolute Gasteiger partial charge is 0.0228 e. The zero-order chi connectivity index (χ0) is 10.5. The van der Waals surface area contributed by atoms with E-state index < -0.39 is 0 Å². The molecule has 1 aliphatic rings. The van der Waals surface area contributed by atoms with Crippen LogP contribution >= 0.6 is 0 Å². The average molecular weight is 200 g/mol. The van der Waals surface area contributed by atoms with E-state index in [4.69, 9.17) is 0 Å². The number of aryl methyl sites for hydroxylation is 1. The Labute approximate surface area is 93.0 Å². The molecule has 0 nitrogen and oxygen atoms in total. The van der Waals surface area contributed by atoms with Gasteiger partial charge in [-0.15, -0.1) is 0 Å². The van der Waals surface area contributed by atoms with Crippen LogP contribution in [0.5, 0.6) is 0 Å². The number of hydrogen-bond donors (Lipinski definition) is 0. The van der Waals surface area contributed by atoms with Gasteiger partial charge in [-0.1, -0.05) is 42.0 Å². The predicted molar refractivity (Wildman–Crippen MR) is 65.9 cm³/mol. The molecule has 0 aromatic heterocycles. The van der Waals surface area contributed by atoms with E-state index in [1.807, 2.05) is 0 Å². The van der Waals surface area contributed by atoms with E-state index in [-0.39, 0.29) is 0 Å². The summed E-state index contributed by atoms with van der Waals surface area (Å²) in [6.07, 6.45) is 9.15. The fraction of sp³-hybridized carbons (Fsp3) is 0.467. The molecule has 1 aliphatic carbocycles. The summed E-state index contributed by atoms with van der Waals surface area (Å²) in [4.78, 5) is 0. The van der Waals surface area contributed by atoms with Crippen molar-refractivity contribution in [2.75, 3.05) is 0 Å². The van der Waals surface area contributed by atoms with Crippen molar-refractivity contribution in [1.82, 2.24) is 0 Å². The summed E-state index contributed by atoms with van der Waals surface area (Å²) in [6.45, 7) is 2.27. The summed E-state index contributed by atoms with van der Waals surface area (Å²) in [6, 6.07) is 10.8. The fourth-order valence-electron chi connectivity index (χ4n) is 2.44. The van der Waals surface area contributed by atoms with Crippen LogP contribution in [0.15, 0.2) is 42.0 Å². The first kappa shape index (κ1) is 10.5. The average Bonchev–Trinajstić information content (AvgIpc) is 2.28. The van der Waals surface area contributed by atoms with Crippen molar-refractivity contribution < 1.29 is 0 Å². The molecule has 0 radical (unpaired) electrons. The van der Waals surface area contributed by atoms with Crippen molar-refractivity contribution in [2.24, 2.45) is 5.92 Å². The van der Waals surface area contributed by atoms with Gasteiger partial charge < -0.3 is 0 Å². The van der Waals surface area contributed by atoms with Gasteiger partial charge in [0.05, 0.1) is 0 Å². The zero-order valence-electron chi connectivity index (χ0n) is 9.58. The molecule has 0 saturated heterocycles. The van der Waals surface area contributed by atoms with Gasteiger partial charge in [0.25, 0.3) is 0 Å². The van der Waals surface area contributed by atoms with Gasteiger partial charge in [0.15, 0.2) is 0 Å². The number of allylic oxidation sites excluding steroid dienone is 2. The van der Waals surface area contributed by atoms with Gasteiger partial charge in [0.1, 0.15) is 0 Å². The molecule has 0 spiro atoms. The molecule has 0 aliphatic heterocycles. The highest BCUT2D eigenvalue weighted by Gasteiger charge is 2.10. The highest BCUT2D eigenvalue weighted by molar-refractivity contribution is 5.15. The summed E-state index contributed by atoms with van der Waals surface area (Å²) >= 11 is 0. The lowest BCUT2D eigenvalue weighted by Crippen LogP contribution is -2.04. The van der Waals surface area contributed by atoms with Crippen molar-refractivity contribution in [1.29, 1.82) is 0 Å². The minimum absolute atomic E-state index is 0.832. The second-order valence-corrected chi connectivity index (χ2v) is 4.69. The Morgan fingerprint density at radius 2 is 2.00 bits per heavy atom. The van der Waals surface area contributed by atoms with Gasteiger partial charge in [-0.2, -0.15) is 0 Å². The molecule has 80 valence electrons. The van der Waals surface area contributed by atoms with Crippen molar-refractivity contribution in [3.8, 4) is 0 Å². The van der Waals surface area contributed by atoms with Crippen LogP contribution in [0.1, 0.15) is 38.2 Å². The van der Waals surface area contributed by atoms with Gasteiger partial charge in [-0.3, -0.25) is 0 Å². The minimum Gasteiger partial charge on any atom is -0.0825 e. The standard InChI is InChI=1S/C15H20/c1-13-6-5-9-15(12-13)11-10-14-7-3-2-4-8-14/h2-4,7-8,12,15H,5-6,9-11H2,1H3/t15-/m0/s1. The molecule has 0 fully saturated rings. The summed E-state index contributed by atoms with van der Waals surface area (Å²) in [5.74, 6) is 0.832.